The molecule has 0 aliphatic rings. The second-order valence-corrected chi connectivity index (χ2v) is 5.69. The van der Waals surface area contributed by atoms with E-state index in [1.807, 2.05) is 14.0 Å². The number of aromatic nitrogens is 3. The molecule has 0 unspecified atom stereocenters. The van der Waals surface area contributed by atoms with Crippen molar-refractivity contribution < 1.29 is 9.84 Å². The molecule has 0 saturated heterocycles. The van der Waals surface area contributed by atoms with Gasteiger partial charge in [0.25, 0.3) is 0 Å². The smallest absolute Gasteiger partial charge is 0.323 e. The molecular weight excluding hydrogens is 270 g/mol. The fourth-order valence-corrected chi connectivity index (χ4v) is 1.74. The molecule has 1 aromatic heterocycles. The van der Waals surface area contributed by atoms with Crippen molar-refractivity contribution in [1.29, 1.82) is 0 Å². The number of anilines is 2. The molecule has 2 N–H and O–H groups in total. The van der Waals surface area contributed by atoms with E-state index in [-0.39, 0.29) is 0 Å². The summed E-state index contributed by atoms with van der Waals surface area (Å²) >= 11 is 0. The van der Waals surface area contributed by atoms with Gasteiger partial charge in [0.05, 0.1) is 12.2 Å². The highest BCUT2D eigenvalue weighted by Crippen LogP contribution is 2.16. The van der Waals surface area contributed by atoms with Crippen LogP contribution in [0.4, 0.5) is 11.9 Å². The Morgan fingerprint density at radius 2 is 1.90 bits per heavy atom. The Kier molecular flexibility index (Phi) is 6.61. The van der Waals surface area contributed by atoms with Crippen LogP contribution in [0.5, 0.6) is 6.01 Å². The molecule has 21 heavy (non-hydrogen) atoms. The van der Waals surface area contributed by atoms with Crippen molar-refractivity contribution in [2.24, 2.45) is 0 Å². The molecule has 0 aromatic carbocycles. The number of aliphatic hydroxyl groups is 1. The van der Waals surface area contributed by atoms with Gasteiger partial charge in [-0.1, -0.05) is 13.8 Å². The lowest BCUT2D eigenvalue weighted by Crippen LogP contribution is -2.37. The summed E-state index contributed by atoms with van der Waals surface area (Å²) in [4.78, 5) is 14.7. The minimum atomic E-state index is -0.831. The predicted molar refractivity (Wildman–Crippen MR) is 84.0 cm³/mol. The number of nitrogens with one attached hydrogen (secondary N) is 1. The van der Waals surface area contributed by atoms with E-state index in [1.165, 1.54) is 0 Å². The van der Waals surface area contributed by atoms with Crippen molar-refractivity contribution in [3.05, 3.63) is 0 Å². The van der Waals surface area contributed by atoms with Gasteiger partial charge in [-0.15, -0.1) is 0 Å². The Morgan fingerprint density at radius 1 is 1.19 bits per heavy atom. The van der Waals surface area contributed by atoms with E-state index in [2.05, 4.69) is 27.2 Å². The first-order chi connectivity index (χ1) is 9.85. The van der Waals surface area contributed by atoms with E-state index >= 15 is 0 Å². The van der Waals surface area contributed by atoms with E-state index in [0.717, 1.165) is 19.4 Å². The number of ether oxygens (including phenoxy) is 1. The zero-order chi connectivity index (χ0) is 15.9. The molecule has 0 bridgehead atoms. The van der Waals surface area contributed by atoms with Gasteiger partial charge in [-0.05, 0) is 26.7 Å². The summed E-state index contributed by atoms with van der Waals surface area (Å²) < 4.78 is 5.51. The Labute approximate surface area is 126 Å². The molecule has 1 heterocycles. The third-order valence-corrected chi connectivity index (χ3v) is 2.54. The minimum Gasteiger partial charge on any atom is -0.463 e. The summed E-state index contributed by atoms with van der Waals surface area (Å²) in [7, 11) is 1.83. The lowest BCUT2D eigenvalue weighted by molar-refractivity contribution is 0.0882. The average molecular weight is 297 g/mol. The van der Waals surface area contributed by atoms with Gasteiger partial charge in [0.15, 0.2) is 0 Å². The van der Waals surface area contributed by atoms with Gasteiger partial charge in [-0.3, -0.25) is 0 Å². The van der Waals surface area contributed by atoms with Gasteiger partial charge < -0.3 is 20.1 Å². The number of likely N-dealkylation sites (N-methyl/N-ethyl adjacent to an activating group) is 1. The van der Waals surface area contributed by atoms with Crippen LogP contribution in [0, 0.1) is 0 Å². The van der Waals surface area contributed by atoms with E-state index in [9.17, 15) is 5.11 Å². The molecule has 0 atom stereocenters. The summed E-state index contributed by atoms with van der Waals surface area (Å²) in [6, 6.07) is 0.308. The Balaban J connectivity index is 2.94. The largest absolute Gasteiger partial charge is 0.463 e. The highest BCUT2D eigenvalue weighted by atomic mass is 16.5. The second kappa shape index (κ2) is 7.97. The van der Waals surface area contributed by atoms with Crippen LogP contribution >= 0.6 is 0 Å². The third kappa shape index (κ3) is 6.57. The van der Waals surface area contributed by atoms with Crippen molar-refractivity contribution in [1.82, 2.24) is 15.0 Å². The van der Waals surface area contributed by atoms with Crippen LogP contribution in [0.2, 0.25) is 0 Å². The molecule has 7 heteroatoms. The van der Waals surface area contributed by atoms with Crippen molar-refractivity contribution in [3.8, 4) is 6.01 Å². The van der Waals surface area contributed by atoms with Gasteiger partial charge in [-0.25, -0.2) is 0 Å². The molecule has 0 amide bonds. The van der Waals surface area contributed by atoms with Crippen molar-refractivity contribution >= 4 is 11.9 Å². The zero-order valence-electron chi connectivity index (χ0n) is 13.7. The molecule has 1 rings (SSSR count). The summed E-state index contributed by atoms with van der Waals surface area (Å²) in [6.07, 6.45) is 1.87. The number of rotatable bonds is 9. The summed E-state index contributed by atoms with van der Waals surface area (Å²) in [5.74, 6) is 0.979. The summed E-state index contributed by atoms with van der Waals surface area (Å²) in [5, 5.41) is 13.0. The maximum absolute atomic E-state index is 9.91. The van der Waals surface area contributed by atoms with E-state index < -0.39 is 5.60 Å². The first-order valence-electron chi connectivity index (χ1n) is 7.42. The van der Waals surface area contributed by atoms with Crippen molar-refractivity contribution in [2.75, 3.05) is 37.0 Å². The van der Waals surface area contributed by atoms with Gasteiger partial charge in [0.2, 0.25) is 11.9 Å². The second-order valence-electron chi connectivity index (χ2n) is 5.69. The zero-order valence-corrected chi connectivity index (χ0v) is 13.7. The standard InChI is InChI=1S/C14H27N5O2/c1-6-8-15-11-16-12(19(5)10-14(3,4)20)18-13(17-11)21-9-7-2/h20H,6-10H2,1-5H3,(H,15,16,17,18). The van der Waals surface area contributed by atoms with Crippen molar-refractivity contribution in [2.45, 2.75) is 46.1 Å². The minimum absolute atomic E-state index is 0.308. The van der Waals surface area contributed by atoms with Crippen molar-refractivity contribution in [3.63, 3.8) is 0 Å². The van der Waals surface area contributed by atoms with Crippen LogP contribution in [0.1, 0.15) is 40.5 Å². The van der Waals surface area contributed by atoms with Gasteiger partial charge in [-0.2, -0.15) is 15.0 Å². The highest BCUT2D eigenvalue weighted by Gasteiger charge is 2.19. The van der Waals surface area contributed by atoms with E-state index in [1.54, 1.807) is 18.7 Å². The van der Waals surface area contributed by atoms with Crippen LogP contribution in [-0.4, -0.2) is 52.4 Å². The number of hydrogen-bond acceptors (Lipinski definition) is 7. The molecule has 0 spiro atoms. The lowest BCUT2D eigenvalue weighted by atomic mass is 10.1. The van der Waals surface area contributed by atoms with Gasteiger partial charge >= 0.3 is 6.01 Å². The molecule has 0 aliphatic heterocycles. The Bertz CT molecular complexity index is 408. The van der Waals surface area contributed by atoms with Crippen LogP contribution in [0.15, 0.2) is 0 Å². The van der Waals surface area contributed by atoms with Crippen LogP contribution < -0.4 is 15.0 Å². The van der Waals surface area contributed by atoms with Crippen LogP contribution in [0.3, 0.4) is 0 Å². The maximum atomic E-state index is 9.91. The van der Waals surface area contributed by atoms with Gasteiger partial charge in [0, 0.05) is 20.1 Å². The number of nitrogens with zero attached hydrogens (tertiary/aromatic N) is 4. The Morgan fingerprint density at radius 3 is 2.48 bits per heavy atom. The predicted octanol–water partition coefficient (Wildman–Crippen LogP) is 1.69. The average Bonchev–Trinajstić information content (AvgIpc) is 2.40. The van der Waals surface area contributed by atoms with Crippen LogP contribution in [-0.2, 0) is 0 Å². The third-order valence-electron chi connectivity index (χ3n) is 2.54. The van der Waals surface area contributed by atoms with E-state index in [0.29, 0.717) is 31.1 Å². The quantitative estimate of drug-likeness (QED) is 0.717. The van der Waals surface area contributed by atoms with Gasteiger partial charge in [0.1, 0.15) is 0 Å². The fraction of sp³-hybridized carbons (Fsp3) is 0.786. The lowest BCUT2D eigenvalue weighted by Gasteiger charge is -2.25. The molecule has 0 aliphatic carbocycles. The molecule has 0 saturated carbocycles. The monoisotopic (exact) mass is 297 g/mol. The van der Waals surface area contributed by atoms with Crippen LogP contribution in [0.25, 0.3) is 0 Å². The first kappa shape index (κ1) is 17.4. The molecule has 0 radical (unpaired) electrons. The molecule has 120 valence electrons. The summed E-state index contributed by atoms with van der Waals surface area (Å²) in [6.45, 7) is 9.35. The first-order valence-corrected chi connectivity index (χ1v) is 7.42. The molecular formula is C14H27N5O2. The molecule has 1 aromatic rings. The fourth-order valence-electron chi connectivity index (χ4n) is 1.74. The normalized spacial score (nSPS) is 11.3. The van der Waals surface area contributed by atoms with E-state index in [4.69, 9.17) is 4.74 Å². The number of hydrogen-bond donors (Lipinski definition) is 2. The maximum Gasteiger partial charge on any atom is 0.323 e. The summed E-state index contributed by atoms with van der Waals surface area (Å²) in [5.41, 5.74) is -0.831. The highest BCUT2D eigenvalue weighted by molar-refractivity contribution is 5.38. The topological polar surface area (TPSA) is 83.4 Å². The Hall–Kier alpha value is -1.63. The SMILES string of the molecule is CCCNc1nc(OCCC)nc(N(C)CC(C)(C)O)n1. The molecule has 7 nitrogen and oxygen atoms in total. The molecule has 0 fully saturated rings.